The van der Waals surface area contributed by atoms with Crippen LogP contribution >= 0.6 is 11.3 Å². The second-order valence-electron chi connectivity index (χ2n) is 2.66. The maximum Gasteiger partial charge on any atom is 0.347 e. The van der Waals surface area contributed by atoms with Crippen molar-refractivity contribution < 1.29 is 14.7 Å². The molecule has 2 N–H and O–H groups in total. The molecule has 76 valence electrons. The molecule has 0 radical (unpaired) electrons. The molecule has 0 bridgehead atoms. The Balaban J connectivity index is 2.44. The number of aromatic carboxylic acids is 1. The smallest absolute Gasteiger partial charge is 0.347 e. The highest BCUT2D eigenvalue weighted by atomic mass is 32.1. The van der Waals surface area contributed by atoms with Crippen LogP contribution in [0.4, 0.5) is 0 Å². The van der Waals surface area contributed by atoms with Crippen molar-refractivity contribution in [1.29, 1.82) is 0 Å². The molecule has 14 heavy (non-hydrogen) atoms. The number of carbonyl (C=O) groups excluding carboxylic acids is 1. The molecule has 0 aromatic carbocycles. The summed E-state index contributed by atoms with van der Waals surface area (Å²) < 4.78 is 0. The predicted molar refractivity (Wildman–Crippen MR) is 51.5 cm³/mol. The van der Waals surface area contributed by atoms with Gasteiger partial charge in [0.1, 0.15) is 4.88 Å². The summed E-state index contributed by atoms with van der Waals surface area (Å²) in [6.07, 6.45) is 1.90. The molecule has 0 aliphatic carbocycles. The Kier molecular flexibility index (Phi) is 3.58. The molecule has 0 unspecified atom stereocenters. The zero-order chi connectivity index (χ0) is 10.6. The lowest BCUT2D eigenvalue weighted by atomic mass is 10.4. The van der Waals surface area contributed by atoms with Crippen molar-refractivity contribution in [2.75, 3.05) is 6.54 Å². The lowest BCUT2D eigenvalue weighted by Crippen LogP contribution is -2.22. The van der Waals surface area contributed by atoms with Gasteiger partial charge in [0.05, 0.1) is 11.2 Å². The summed E-state index contributed by atoms with van der Waals surface area (Å²) in [5, 5.41) is 11.9. The van der Waals surface area contributed by atoms with E-state index in [1.165, 1.54) is 13.1 Å². The minimum Gasteiger partial charge on any atom is -0.477 e. The highest BCUT2D eigenvalue weighted by molar-refractivity contribution is 7.13. The van der Waals surface area contributed by atoms with Crippen LogP contribution in [0.5, 0.6) is 0 Å². The van der Waals surface area contributed by atoms with Crippen LogP contribution in [0.3, 0.4) is 0 Å². The fourth-order valence-corrected chi connectivity index (χ4v) is 1.63. The standard InChI is InChI=1S/C8H10N2O3S/c1-5(11)9-3-2-7-10-4-6(14-7)8(12)13/h4H,2-3H2,1H3,(H,9,11)(H,12,13). The van der Waals surface area contributed by atoms with Crippen LogP contribution in [0.2, 0.25) is 0 Å². The molecule has 0 aliphatic rings. The normalized spacial score (nSPS) is 9.79. The van der Waals surface area contributed by atoms with Crippen LogP contribution < -0.4 is 5.32 Å². The minimum absolute atomic E-state index is 0.0972. The van der Waals surface area contributed by atoms with Crippen molar-refractivity contribution in [3.05, 3.63) is 16.1 Å². The average Bonchev–Trinajstić information content (AvgIpc) is 2.52. The molecule has 0 saturated heterocycles. The van der Waals surface area contributed by atoms with Crippen LogP contribution in [-0.2, 0) is 11.2 Å². The van der Waals surface area contributed by atoms with E-state index in [4.69, 9.17) is 5.11 Å². The Morgan fingerprint density at radius 3 is 2.86 bits per heavy atom. The van der Waals surface area contributed by atoms with Gasteiger partial charge in [0.15, 0.2) is 0 Å². The number of carboxylic acids is 1. The predicted octanol–water partition coefficient (Wildman–Crippen LogP) is 0.520. The highest BCUT2D eigenvalue weighted by Gasteiger charge is 2.07. The number of nitrogens with zero attached hydrogens (tertiary/aromatic N) is 1. The fraction of sp³-hybridized carbons (Fsp3) is 0.375. The number of hydrogen-bond acceptors (Lipinski definition) is 4. The number of hydrogen-bond donors (Lipinski definition) is 2. The van der Waals surface area contributed by atoms with E-state index in [1.54, 1.807) is 0 Å². The quantitative estimate of drug-likeness (QED) is 0.765. The van der Waals surface area contributed by atoms with Gasteiger partial charge in [-0.05, 0) is 0 Å². The van der Waals surface area contributed by atoms with Gasteiger partial charge in [0.2, 0.25) is 5.91 Å². The molecule has 0 spiro atoms. The van der Waals surface area contributed by atoms with Crippen LogP contribution in [0.1, 0.15) is 21.6 Å². The Bertz CT molecular complexity index is 348. The number of rotatable bonds is 4. The summed E-state index contributed by atoms with van der Waals surface area (Å²) in [6.45, 7) is 1.92. The summed E-state index contributed by atoms with van der Waals surface area (Å²) in [7, 11) is 0. The van der Waals surface area contributed by atoms with E-state index in [1.807, 2.05) is 0 Å². The van der Waals surface area contributed by atoms with Crippen LogP contribution in [0, 0.1) is 0 Å². The Labute approximate surface area is 84.8 Å². The molecule has 0 fully saturated rings. The number of aromatic nitrogens is 1. The van der Waals surface area contributed by atoms with E-state index < -0.39 is 5.97 Å². The lowest BCUT2D eigenvalue weighted by Gasteiger charge is -1.97. The summed E-state index contributed by atoms with van der Waals surface area (Å²) >= 11 is 1.13. The molecule has 0 saturated carbocycles. The molecule has 1 rings (SSSR count). The van der Waals surface area contributed by atoms with Gasteiger partial charge in [0, 0.05) is 19.9 Å². The molecular formula is C8H10N2O3S. The third kappa shape index (κ3) is 3.14. The zero-order valence-corrected chi connectivity index (χ0v) is 8.43. The van der Waals surface area contributed by atoms with Gasteiger partial charge < -0.3 is 10.4 Å². The average molecular weight is 214 g/mol. The number of amides is 1. The SMILES string of the molecule is CC(=O)NCCc1ncc(C(=O)O)s1. The van der Waals surface area contributed by atoms with Gasteiger partial charge in [-0.2, -0.15) is 0 Å². The van der Waals surface area contributed by atoms with Gasteiger partial charge in [-0.25, -0.2) is 9.78 Å². The summed E-state index contributed by atoms with van der Waals surface area (Å²) in [4.78, 5) is 25.2. The maximum atomic E-state index is 10.5. The number of thiazole rings is 1. The Morgan fingerprint density at radius 1 is 1.64 bits per heavy atom. The van der Waals surface area contributed by atoms with Gasteiger partial charge in [-0.15, -0.1) is 11.3 Å². The zero-order valence-electron chi connectivity index (χ0n) is 7.61. The molecule has 0 aliphatic heterocycles. The molecule has 6 heteroatoms. The Hall–Kier alpha value is -1.43. The second-order valence-corrected chi connectivity index (χ2v) is 3.77. The fourth-order valence-electron chi connectivity index (χ4n) is 0.870. The van der Waals surface area contributed by atoms with E-state index >= 15 is 0 Å². The van der Waals surface area contributed by atoms with Crippen molar-refractivity contribution in [3.63, 3.8) is 0 Å². The first-order valence-corrected chi connectivity index (χ1v) is 4.83. The van der Waals surface area contributed by atoms with Crippen molar-refractivity contribution in [2.24, 2.45) is 0 Å². The number of carboxylic acid groups (broad SMARTS) is 1. The van der Waals surface area contributed by atoms with Gasteiger partial charge >= 0.3 is 5.97 Å². The largest absolute Gasteiger partial charge is 0.477 e. The van der Waals surface area contributed by atoms with E-state index in [-0.39, 0.29) is 10.8 Å². The van der Waals surface area contributed by atoms with E-state index in [9.17, 15) is 9.59 Å². The number of nitrogens with one attached hydrogen (secondary N) is 1. The third-order valence-electron chi connectivity index (χ3n) is 1.48. The number of carbonyl (C=O) groups is 2. The van der Waals surface area contributed by atoms with E-state index in [0.29, 0.717) is 13.0 Å². The molecule has 0 atom stereocenters. The highest BCUT2D eigenvalue weighted by Crippen LogP contribution is 2.12. The van der Waals surface area contributed by atoms with Crippen LogP contribution in [-0.4, -0.2) is 28.5 Å². The second kappa shape index (κ2) is 4.71. The van der Waals surface area contributed by atoms with Gasteiger partial charge in [-0.3, -0.25) is 4.79 Å². The van der Waals surface area contributed by atoms with Crippen LogP contribution in [0.15, 0.2) is 6.20 Å². The lowest BCUT2D eigenvalue weighted by molar-refractivity contribution is -0.118. The van der Waals surface area contributed by atoms with Crippen molar-refractivity contribution in [3.8, 4) is 0 Å². The van der Waals surface area contributed by atoms with Crippen molar-refractivity contribution in [2.45, 2.75) is 13.3 Å². The van der Waals surface area contributed by atoms with Crippen LogP contribution in [0.25, 0.3) is 0 Å². The molecule has 1 aromatic rings. The first-order chi connectivity index (χ1) is 6.59. The molecule has 1 aromatic heterocycles. The van der Waals surface area contributed by atoms with E-state index in [0.717, 1.165) is 16.3 Å². The molecular weight excluding hydrogens is 204 g/mol. The van der Waals surface area contributed by atoms with E-state index in [2.05, 4.69) is 10.3 Å². The molecule has 1 amide bonds. The Morgan fingerprint density at radius 2 is 2.36 bits per heavy atom. The molecule has 5 nitrogen and oxygen atoms in total. The minimum atomic E-state index is -0.965. The van der Waals surface area contributed by atoms with Gasteiger partial charge in [0.25, 0.3) is 0 Å². The van der Waals surface area contributed by atoms with Crippen molar-refractivity contribution >= 4 is 23.2 Å². The monoisotopic (exact) mass is 214 g/mol. The first kappa shape index (κ1) is 10.6. The third-order valence-corrected chi connectivity index (χ3v) is 2.52. The van der Waals surface area contributed by atoms with Crippen molar-refractivity contribution in [1.82, 2.24) is 10.3 Å². The summed E-state index contributed by atoms with van der Waals surface area (Å²) in [5.41, 5.74) is 0. The molecule has 1 heterocycles. The topological polar surface area (TPSA) is 79.3 Å². The summed E-state index contributed by atoms with van der Waals surface area (Å²) in [5.74, 6) is -1.06. The first-order valence-electron chi connectivity index (χ1n) is 4.02. The van der Waals surface area contributed by atoms with Gasteiger partial charge in [-0.1, -0.05) is 0 Å². The maximum absolute atomic E-state index is 10.5. The summed E-state index contributed by atoms with van der Waals surface area (Å²) in [6, 6.07) is 0.